The van der Waals surface area contributed by atoms with Gasteiger partial charge in [-0.2, -0.15) is 0 Å². The summed E-state index contributed by atoms with van der Waals surface area (Å²) in [5.74, 6) is 0.370. The lowest BCUT2D eigenvalue weighted by molar-refractivity contribution is 0.587. The van der Waals surface area contributed by atoms with Crippen LogP contribution in [0.5, 0.6) is 0 Å². The summed E-state index contributed by atoms with van der Waals surface area (Å²) in [7, 11) is 0. The maximum atomic E-state index is 4.83. The van der Waals surface area contributed by atoms with Crippen molar-refractivity contribution in [3.05, 3.63) is 47.0 Å². The van der Waals surface area contributed by atoms with Crippen LogP contribution < -0.4 is 10.2 Å². The minimum absolute atomic E-state index is 0.370. The summed E-state index contributed by atoms with van der Waals surface area (Å²) in [4.78, 5) is 7.20. The molecular formula is C15H19N3S. The number of anilines is 1. The van der Waals surface area contributed by atoms with E-state index < -0.39 is 0 Å². The number of nitrogens with zero attached hydrogens (tertiary/aromatic N) is 2. The Labute approximate surface area is 118 Å². The van der Waals surface area contributed by atoms with E-state index in [1.807, 2.05) is 0 Å². The third kappa shape index (κ3) is 2.80. The molecule has 0 radical (unpaired) electrons. The van der Waals surface area contributed by atoms with Gasteiger partial charge in [0.25, 0.3) is 0 Å². The smallest absolute Gasteiger partial charge is 0.185 e. The molecule has 1 fully saturated rings. The molecule has 0 spiro atoms. The molecule has 1 aliphatic rings. The van der Waals surface area contributed by atoms with Gasteiger partial charge in [-0.05, 0) is 5.56 Å². The van der Waals surface area contributed by atoms with E-state index in [-0.39, 0.29) is 0 Å². The first-order valence-electron chi connectivity index (χ1n) is 6.80. The Morgan fingerprint density at radius 3 is 2.68 bits per heavy atom. The third-order valence-corrected chi connectivity index (χ3v) is 4.56. The second kappa shape index (κ2) is 5.72. The van der Waals surface area contributed by atoms with Crippen LogP contribution in [-0.2, 0) is 0 Å². The Morgan fingerprint density at radius 1 is 1.21 bits per heavy atom. The van der Waals surface area contributed by atoms with Crippen molar-refractivity contribution in [3.63, 3.8) is 0 Å². The maximum absolute atomic E-state index is 4.83. The Bertz CT molecular complexity index is 517. The lowest BCUT2D eigenvalue weighted by atomic mass is 9.99. The van der Waals surface area contributed by atoms with Gasteiger partial charge >= 0.3 is 0 Å². The van der Waals surface area contributed by atoms with Gasteiger partial charge in [-0.1, -0.05) is 37.3 Å². The van der Waals surface area contributed by atoms with Crippen molar-refractivity contribution in [2.24, 2.45) is 0 Å². The zero-order chi connectivity index (χ0) is 13.1. The van der Waals surface area contributed by atoms with Gasteiger partial charge in [0.1, 0.15) is 0 Å². The molecule has 1 aromatic heterocycles. The van der Waals surface area contributed by atoms with E-state index >= 15 is 0 Å². The molecule has 0 aliphatic carbocycles. The average molecular weight is 273 g/mol. The van der Waals surface area contributed by atoms with Crippen LogP contribution in [0.2, 0.25) is 0 Å². The van der Waals surface area contributed by atoms with Crippen LogP contribution in [0.25, 0.3) is 0 Å². The fraction of sp³-hybridized carbons (Fsp3) is 0.400. The highest BCUT2D eigenvalue weighted by Gasteiger charge is 2.17. The normalized spacial score (nSPS) is 17.4. The van der Waals surface area contributed by atoms with Crippen LogP contribution in [0, 0.1) is 0 Å². The first kappa shape index (κ1) is 12.6. The highest BCUT2D eigenvalue weighted by molar-refractivity contribution is 7.13. The molecule has 1 atom stereocenters. The van der Waals surface area contributed by atoms with E-state index in [1.54, 1.807) is 11.3 Å². The minimum atomic E-state index is 0.370. The fourth-order valence-corrected chi connectivity index (χ4v) is 3.36. The van der Waals surface area contributed by atoms with Gasteiger partial charge in [0.15, 0.2) is 5.13 Å². The lowest BCUT2D eigenvalue weighted by Crippen LogP contribution is -2.43. The molecule has 0 amide bonds. The second-order valence-corrected chi connectivity index (χ2v) is 5.76. The van der Waals surface area contributed by atoms with E-state index in [0.717, 1.165) is 26.2 Å². The van der Waals surface area contributed by atoms with Gasteiger partial charge in [-0.25, -0.2) is 4.98 Å². The van der Waals surface area contributed by atoms with Crippen molar-refractivity contribution in [3.8, 4) is 0 Å². The number of thiazole rings is 1. The highest BCUT2D eigenvalue weighted by Crippen LogP contribution is 2.29. The molecule has 2 heterocycles. The summed E-state index contributed by atoms with van der Waals surface area (Å²) >= 11 is 1.77. The summed E-state index contributed by atoms with van der Waals surface area (Å²) in [6.07, 6.45) is 0. The average Bonchev–Trinajstić information content (AvgIpc) is 2.98. The van der Waals surface area contributed by atoms with Gasteiger partial charge < -0.3 is 10.2 Å². The van der Waals surface area contributed by atoms with Crippen LogP contribution >= 0.6 is 11.3 Å². The SMILES string of the molecule is CC(c1ccccc1)c1csc(N2CCNCC2)n1. The standard InChI is InChI=1S/C15H19N3S/c1-12(13-5-3-2-4-6-13)14-11-19-15(17-14)18-9-7-16-8-10-18/h2-6,11-12,16H,7-10H2,1H3. The van der Waals surface area contributed by atoms with Crippen LogP contribution in [0.3, 0.4) is 0 Å². The Hall–Kier alpha value is -1.39. The molecule has 1 aliphatic heterocycles. The minimum Gasteiger partial charge on any atom is -0.346 e. The summed E-state index contributed by atoms with van der Waals surface area (Å²) in [6, 6.07) is 10.6. The highest BCUT2D eigenvalue weighted by atomic mass is 32.1. The number of benzene rings is 1. The van der Waals surface area contributed by atoms with E-state index in [1.165, 1.54) is 16.4 Å². The molecule has 2 aromatic rings. The summed E-state index contributed by atoms with van der Waals surface area (Å²) in [5.41, 5.74) is 2.52. The molecule has 0 saturated carbocycles. The van der Waals surface area contributed by atoms with Crippen molar-refractivity contribution >= 4 is 16.5 Å². The fourth-order valence-electron chi connectivity index (χ4n) is 2.39. The summed E-state index contributed by atoms with van der Waals surface area (Å²) in [6.45, 7) is 6.47. The molecule has 0 bridgehead atoms. The third-order valence-electron chi connectivity index (χ3n) is 3.64. The van der Waals surface area contributed by atoms with Crippen molar-refractivity contribution < 1.29 is 0 Å². The van der Waals surface area contributed by atoms with Crippen molar-refractivity contribution in [1.29, 1.82) is 0 Å². The molecule has 1 N–H and O–H groups in total. The molecule has 3 rings (SSSR count). The molecule has 1 saturated heterocycles. The number of hydrogen-bond donors (Lipinski definition) is 1. The number of hydrogen-bond acceptors (Lipinski definition) is 4. The molecule has 1 unspecified atom stereocenters. The van der Waals surface area contributed by atoms with Crippen LogP contribution in [-0.4, -0.2) is 31.2 Å². The number of rotatable bonds is 3. The first-order valence-corrected chi connectivity index (χ1v) is 7.68. The number of piperazine rings is 1. The topological polar surface area (TPSA) is 28.2 Å². The van der Waals surface area contributed by atoms with Gasteiger partial charge in [-0.15, -0.1) is 11.3 Å². The van der Waals surface area contributed by atoms with Gasteiger partial charge in [0.05, 0.1) is 5.69 Å². The van der Waals surface area contributed by atoms with Crippen molar-refractivity contribution in [2.75, 3.05) is 31.1 Å². The number of nitrogens with one attached hydrogen (secondary N) is 1. The molecule has 1 aromatic carbocycles. The van der Waals surface area contributed by atoms with Crippen molar-refractivity contribution in [1.82, 2.24) is 10.3 Å². The Morgan fingerprint density at radius 2 is 1.95 bits per heavy atom. The van der Waals surface area contributed by atoms with Gasteiger partial charge in [-0.3, -0.25) is 0 Å². The second-order valence-electron chi connectivity index (χ2n) is 4.92. The molecule has 4 heteroatoms. The van der Waals surface area contributed by atoms with Crippen LogP contribution in [0.15, 0.2) is 35.7 Å². The maximum Gasteiger partial charge on any atom is 0.185 e. The van der Waals surface area contributed by atoms with E-state index in [4.69, 9.17) is 4.98 Å². The van der Waals surface area contributed by atoms with E-state index in [0.29, 0.717) is 5.92 Å². The molecule has 100 valence electrons. The zero-order valence-electron chi connectivity index (χ0n) is 11.2. The van der Waals surface area contributed by atoms with Crippen LogP contribution in [0.4, 0.5) is 5.13 Å². The monoisotopic (exact) mass is 273 g/mol. The van der Waals surface area contributed by atoms with E-state index in [9.17, 15) is 0 Å². The van der Waals surface area contributed by atoms with Gasteiger partial charge in [0, 0.05) is 37.5 Å². The zero-order valence-corrected chi connectivity index (χ0v) is 12.0. The van der Waals surface area contributed by atoms with Crippen molar-refractivity contribution in [2.45, 2.75) is 12.8 Å². The predicted octanol–water partition coefficient (Wildman–Crippen LogP) is 2.70. The summed E-state index contributed by atoms with van der Waals surface area (Å²) < 4.78 is 0. The van der Waals surface area contributed by atoms with Crippen LogP contribution in [0.1, 0.15) is 24.1 Å². The lowest BCUT2D eigenvalue weighted by Gasteiger charge is -2.26. The molecule has 3 nitrogen and oxygen atoms in total. The Balaban J connectivity index is 1.77. The predicted molar refractivity (Wildman–Crippen MR) is 81.2 cm³/mol. The summed E-state index contributed by atoms with van der Waals surface area (Å²) in [5, 5.41) is 6.74. The van der Waals surface area contributed by atoms with E-state index in [2.05, 4.69) is 52.9 Å². The molecular weight excluding hydrogens is 254 g/mol. The quantitative estimate of drug-likeness (QED) is 0.932. The largest absolute Gasteiger partial charge is 0.346 e. The number of aromatic nitrogens is 1. The molecule has 19 heavy (non-hydrogen) atoms. The first-order chi connectivity index (χ1) is 9.34. The Kier molecular flexibility index (Phi) is 3.80. The van der Waals surface area contributed by atoms with Gasteiger partial charge in [0.2, 0.25) is 0 Å².